The Morgan fingerprint density at radius 1 is 1.05 bits per heavy atom. The summed E-state index contributed by atoms with van der Waals surface area (Å²) in [6, 6.07) is 0. The summed E-state index contributed by atoms with van der Waals surface area (Å²) < 4.78 is 5.33. The third-order valence-electron chi connectivity index (χ3n) is 4.26. The number of carbonyl (C=O) groups excluding carboxylic acids is 2. The van der Waals surface area contributed by atoms with E-state index in [9.17, 15) is 24.9 Å². The number of hydrogen-bond acceptors (Lipinski definition) is 7. The van der Waals surface area contributed by atoms with Gasteiger partial charge in [-0.3, -0.25) is 9.59 Å². The molecule has 2 aliphatic rings. The van der Waals surface area contributed by atoms with Gasteiger partial charge in [0.15, 0.2) is 0 Å². The lowest BCUT2D eigenvalue weighted by Crippen LogP contribution is -2.63. The van der Waals surface area contributed by atoms with E-state index < -0.39 is 48.5 Å². The van der Waals surface area contributed by atoms with Crippen LogP contribution in [-0.4, -0.2) is 69.1 Å². The van der Waals surface area contributed by atoms with Crippen molar-refractivity contribution in [3.8, 4) is 0 Å². The summed E-state index contributed by atoms with van der Waals surface area (Å²) in [5.74, 6) is -1.86. The van der Waals surface area contributed by atoms with Gasteiger partial charge < -0.3 is 25.2 Å². The highest BCUT2D eigenvalue weighted by atomic mass is 16.5. The molecule has 0 bridgehead atoms. The molecule has 0 spiro atoms. The van der Waals surface area contributed by atoms with E-state index >= 15 is 0 Å². The molecule has 0 amide bonds. The zero-order valence-corrected chi connectivity index (χ0v) is 12.1. The van der Waals surface area contributed by atoms with E-state index in [-0.39, 0.29) is 24.4 Å². The van der Waals surface area contributed by atoms with Crippen LogP contribution in [0, 0.1) is 11.3 Å². The lowest BCUT2D eigenvalue weighted by molar-refractivity contribution is -0.239. The number of carbonyl (C=O) groups is 2. The third kappa shape index (κ3) is 3.02. The van der Waals surface area contributed by atoms with Crippen LogP contribution in [0.2, 0.25) is 0 Å². The van der Waals surface area contributed by atoms with Gasteiger partial charge in [0.05, 0.1) is 6.61 Å². The maximum atomic E-state index is 12.2. The largest absolute Gasteiger partial charge is 0.394 e. The maximum absolute atomic E-state index is 12.2. The van der Waals surface area contributed by atoms with Crippen LogP contribution >= 0.6 is 0 Å². The van der Waals surface area contributed by atoms with Gasteiger partial charge in [0.25, 0.3) is 0 Å². The molecule has 0 radical (unpaired) electrons. The fraction of sp³-hybridized carbons (Fsp3) is 0.857. The van der Waals surface area contributed by atoms with Gasteiger partial charge in [0.2, 0.25) is 0 Å². The summed E-state index contributed by atoms with van der Waals surface area (Å²) in [6.07, 6.45) is -6.61. The van der Waals surface area contributed by atoms with E-state index in [0.29, 0.717) is 0 Å². The molecule has 1 aliphatic heterocycles. The molecule has 2 fully saturated rings. The van der Waals surface area contributed by atoms with Gasteiger partial charge in [0, 0.05) is 12.8 Å². The highest BCUT2D eigenvalue weighted by Crippen LogP contribution is 2.38. The lowest BCUT2D eigenvalue weighted by Gasteiger charge is -2.44. The Hall–Kier alpha value is -0.860. The van der Waals surface area contributed by atoms with Crippen molar-refractivity contribution in [1.82, 2.24) is 0 Å². The molecule has 1 saturated heterocycles. The summed E-state index contributed by atoms with van der Waals surface area (Å²) in [5, 5.41) is 38.7. The summed E-state index contributed by atoms with van der Waals surface area (Å²) in [5.41, 5.74) is -0.432. The molecule has 1 aliphatic carbocycles. The Kier molecular flexibility index (Phi) is 4.51. The Morgan fingerprint density at radius 2 is 1.57 bits per heavy atom. The number of rotatable bonds is 2. The number of hydrogen-bond donors (Lipinski definition) is 4. The molecule has 120 valence electrons. The van der Waals surface area contributed by atoms with Crippen molar-refractivity contribution in [1.29, 1.82) is 0 Å². The average Bonchev–Trinajstić information content (AvgIpc) is 2.36. The molecule has 21 heavy (non-hydrogen) atoms. The van der Waals surface area contributed by atoms with Crippen LogP contribution in [0.5, 0.6) is 0 Å². The fourth-order valence-corrected chi connectivity index (χ4v) is 3.18. The first kappa shape index (κ1) is 16.5. The summed E-state index contributed by atoms with van der Waals surface area (Å²) in [6.45, 7) is 3.04. The number of aliphatic hydroxyl groups excluding tert-OH is 4. The van der Waals surface area contributed by atoms with Crippen molar-refractivity contribution in [2.45, 2.75) is 57.2 Å². The van der Waals surface area contributed by atoms with E-state index in [2.05, 4.69) is 0 Å². The van der Waals surface area contributed by atoms with E-state index in [0.717, 1.165) is 0 Å². The predicted molar refractivity (Wildman–Crippen MR) is 70.3 cm³/mol. The van der Waals surface area contributed by atoms with Crippen molar-refractivity contribution < 1.29 is 34.8 Å². The number of ether oxygens (including phenoxy) is 1. The van der Waals surface area contributed by atoms with E-state index in [1.54, 1.807) is 0 Å². The van der Waals surface area contributed by atoms with Crippen molar-refractivity contribution >= 4 is 11.6 Å². The van der Waals surface area contributed by atoms with Crippen LogP contribution in [-0.2, 0) is 14.3 Å². The zero-order chi connectivity index (χ0) is 15.9. The van der Waals surface area contributed by atoms with Crippen molar-refractivity contribution in [3.05, 3.63) is 0 Å². The van der Waals surface area contributed by atoms with Crippen LogP contribution in [0.25, 0.3) is 0 Å². The maximum Gasteiger partial charge on any atom is 0.146 e. The van der Waals surface area contributed by atoms with E-state index in [4.69, 9.17) is 9.84 Å². The fourth-order valence-electron chi connectivity index (χ4n) is 3.18. The molecule has 0 aromatic heterocycles. The van der Waals surface area contributed by atoms with Crippen LogP contribution < -0.4 is 0 Å². The molecule has 2 rings (SSSR count). The average molecular weight is 302 g/mol. The first-order chi connectivity index (χ1) is 9.68. The van der Waals surface area contributed by atoms with Gasteiger partial charge in [0.1, 0.15) is 48.0 Å². The van der Waals surface area contributed by atoms with Crippen molar-refractivity contribution in [2.24, 2.45) is 11.3 Å². The first-order valence-electron chi connectivity index (χ1n) is 7.04. The van der Waals surface area contributed by atoms with E-state index in [1.807, 2.05) is 13.8 Å². The topological polar surface area (TPSA) is 124 Å². The Balaban J connectivity index is 2.24. The molecule has 0 aromatic carbocycles. The Bertz CT molecular complexity index is 411. The standard InChI is InChI=1S/C14H22O7/c1-14(2)3-6(16)9(7(17)4-14)13-12(20)11(19)10(18)8(5-15)21-13/h8-13,15,18-20H,3-5H2,1-2H3/t8-,10-,11+,12-,13+/m1/s1. The van der Waals surface area contributed by atoms with Crippen LogP contribution in [0.15, 0.2) is 0 Å². The molecular formula is C14H22O7. The highest BCUT2D eigenvalue weighted by Gasteiger charge is 2.52. The predicted octanol–water partition coefficient (Wildman–Crippen LogP) is -1.60. The monoisotopic (exact) mass is 302 g/mol. The number of aliphatic hydroxyl groups is 4. The molecule has 7 heteroatoms. The van der Waals surface area contributed by atoms with Gasteiger partial charge in [-0.15, -0.1) is 0 Å². The van der Waals surface area contributed by atoms with Gasteiger partial charge in [-0.2, -0.15) is 0 Å². The van der Waals surface area contributed by atoms with Crippen LogP contribution in [0.1, 0.15) is 26.7 Å². The lowest BCUT2D eigenvalue weighted by atomic mass is 9.68. The van der Waals surface area contributed by atoms with Gasteiger partial charge in [-0.05, 0) is 5.41 Å². The van der Waals surface area contributed by atoms with Crippen molar-refractivity contribution in [3.63, 3.8) is 0 Å². The van der Waals surface area contributed by atoms with E-state index in [1.165, 1.54) is 0 Å². The normalized spacial score (nSPS) is 41.3. The summed E-state index contributed by atoms with van der Waals surface area (Å²) >= 11 is 0. The minimum atomic E-state index is -1.57. The molecule has 0 aromatic rings. The van der Waals surface area contributed by atoms with Crippen LogP contribution in [0.3, 0.4) is 0 Å². The minimum absolute atomic E-state index is 0.179. The second-order valence-electron chi connectivity index (χ2n) is 6.72. The minimum Gasteiger partial charge on any atom is -0.394 e. The van der Waals surface area contributed by atoms with Gasteiger partial charge in [-0.25, -0.2) is 0 Å². The Morgan fingerprint density at radius 3 is 2.05 bits per heavy atom. The molecule has 5 atom stereocenters. The SMILES string of the molecule is CC1(C)CC(=O)C([C@@H]2O[C@H](CO)[C@@H](O)[C@H](O)[C@H]2O)C(=O)C1. The Labute approximate surface area is 122 Å². The number of ketones is 2. The van der Waals surface area contributed by atoms with Crippen molar-refractivity contribution in [2.75, 3.05) is 6.61 Å². The first-order valence-corrected chi connectivity index (χ1v) is 7.04. The summed E-state index contributed by atoms with van der Waals surface area (Å²) in [4.78, 5) is 24.5. The summed E-state index contributed by atoms with van der Waals surface area (Å²) in [7, 11) is 0. The molecule has 4 N–H and O–H groups in total. The quantitative estimate of drug-likeness (QED) is 0.453. The van der Waals surface area contributed by atoms with Gasteiger partial charge in [-0.1, -0.05) is 13.8 Å². The third-order valence-corrected chi connectivity index (χ3v) is 4.26. The smallest absolute Gasteiger partial charge is 0.146 e. The molecule has 7 nitrogen and oxygen atoms in total. The molecule has 1 heterocycles. The van der Waals surface area contributed by atoms with Crippen LogP contribution in [0.4, 0.5) is 0 Å². The second-order valence-corrected chi connectivity index (χ2v) is 6.72. The zero-order valence-electron chi connectivity index (χ0n) is 12.1. The van der Waals surface area contributed by atoms with Gasteiger partial charge >= 0.3 is 0 Å². The highest BCUT2D eigenvalue weighted by molar-refractivity contribution is 6.05. The second kappa shape index (κ2) is 5.73. The molecule has 1 saturated carbocycles. The molecule has 0 unspecified atom stereocenters. The molecular weight excluding hydrogens is 280 g/mol. The number of Topliss-reactive ketones (excluding diaryl/α,β-unsaturated/α-hetero) is 2.